The number of likely N-dealkylation sites (tertiary alicyclic amines) is 1. The number of H-pyrrole nitrogens is 1. The van der Waals surface area contributed by atoms with Gasteiger partial charge in [-0.15, -0.1) is 0 Å². The molecule has 3 heterocycles. The average molecular weight is 363 g/mol. The number of nitrogens with one attached hydrogen (secondary N) is 1. The minimum absolute atomic E-state index is 0.0347. The van der Waals surface area contributed by atoms with E-state index >= 15 is 0 Å². The molecule has 6 nitrogen and oxygen atoms in total. The predicted octanol–water partition coefficient (Wildman–Crippen LogP) is 3.24. The molecule has 0 radical (unpaired) electrons. The Bertz CT molecular complexity index is 890. The molecule has 4 rings (SSSR count). The van der Waals surface area contributed by atoms with Gasteiger partial charge < -0.3 is 4.90 Å². The van der Waals surface area contributed by atoms with Crippen molar-refractivity contribution in [1.29, 1.82) is 0 Å². The Morgan fingerprint density at radius 1 is 1.19 bits per heavy atom. The van der Waals surface area contributed by atoms with Crippen molar-refractivity contribution in [3.63, 3.8) is 0 Å². The molecule has 3 aromatic rings. The number of rotatable bonds is 5. The van der Waals surface area contributed by atoms with Gasteiger partial charge in [0.25, 0.3) is 5.91 Å². The topological polar surface area (TPSA) is 66.8 Å². The van der Waals surface area contributed by atoms with Gasteiger partial charge in [0.1, 0.15) is 5.69 Å². The van der Waals surface area contributed by atoms with Crippen LogP contribution in [0.1, 0.15) is 53.1 Å². The van der Waals surface area contributed by atoms with Crippen molar-refractivity contribution in [2.45, 2.75) is 38.6 Å². The summed E-state index contributed by atoms with van der Waals surface area (Å²) >= 11 is 0. The number of aromatic nitrogens is 4. The number of benzene rings is 1. The first-order valence-electron chi connectivity index (χ1n) is 9.63. The zero-order valence-corrected chi connectivity index (χ0v) is 15.6. The van der Waals surface area contributed by atoms with Gasteiger partial charge >= 0.3 is 0 Å². The second kappa shape index (κ2) is 7.78. The Balaban J connectivity index is 1.34. The number of piperidine rings is 1. The third kappa shape index (κ3) is 3.94. The van der Waals surface area contributed by atoms with Crippen molar-refractivity contribution in [3.8, 4) is 0 Å². The molecule has 1 N–H and O–H groups in total. The molecule has 0 unspecified atom stereocenters. The van der Waals surface area contributed by atoms with E-state index in [4.69, 9.17) is 0 Å². The van der Waals surface area contributed by atoms with Gasteiger partial charge in [-0.1, -0.05) is 30.3 Å². The normalized spacial score (nSPS) is 15.2. The van der Waals surface area contributed by atoms with Crippen LogP contribution in [-0.2, 0) is 13.0 Å². The standard InChI is InChI=1S/C21H25N5O/c1-2-26-13-10-19(24-26)21(27)25-11-8-17(9-12-25)20-15-18(22-23-20)14-16-6-4-3-5-7-16/h3-7,10,13,15,17H,2,8-9,11-12,14H2,1H3,(H,22,23). The van der Waals surface area contributed by atoms with E-state index in [1.807, 2.05) is 30.2 Å². The summed E-state index contributed by atoms with van der Waals surface area (Å²) in [7, 11) is 0. The van der Waals surface area contributed by atoms with Gasteiger partial charge in [0, 0.05) is 43.9 Å². The summed E-state index contributed by atoms with van der Waals surface area (Å²) in [5.41, 5.74) is 4.07. The highest BCUT2D eigenvalue weighted by molar-refractivity contribution is 5.92. The van der Waals surface area contributed by atoms with E-state index in [1.165, 1.54) is 5.56 Å². The third-order valence-corrected chi connectivity index (χ3v) is 5.27. The number of aromatic amines is 1. The van der Waals surface area contributed by atoms with Gasteiger partial charge in [-0.2, -0.15) is 10.2 Å². The molecule has 1 fully saturated rings. The average Bonchev–Trinajstić information content (AvgIpc) is 3.38. The number of amides is 1. The SMILES string of the molecule is CCn1ccc(C(=O)N2CCC(c3cc(Cc4ccccc4)[nH]n3)CC2)n1. The van der Waals surface area contributed by atoms with Crippen LogP contribution in [0.15, 0.2) is 48.7 Å². The first-order valence-corrected chi connectivity index (χ1v) is 9.63. The van der Waals surface area contributed by atoms with Crippen molar-refractivity contribution in [3.05, 3.63) is 71.3 Å². The number of nitrogens with zero attached hydrogens (tertiary/aromatic N) is 4. The molecule has 1 aliphatic rings. The first kappa shape index (κ1) is 17.5. The Kier molecular flexibility index (Phi) is 5.05. The zero-order valence-electron chi connectivity index (χ0n) is 15.6. The van der Waals surface area contributed by atoms with E-state index in [1.54, 1.807) is 4.68 Å². The summed E-state index contributed by atoms with van der Waals surface area (Å²) < 4.78 is 1.79. The van der Waals surface area contributed by atoms with Crippen molar-refractivity contribution >= 4 is 5.91 Å². The lowest BCUT2D eigenvalue weighted by Gasteiger charge is -2.30. The lowest BCUT2D eigenvalue weighted by atomic mass is 9.93. The monoisotopic (exact) mass is 363 g/mol. The van der Waals surface area contributed by atoms with Gasteiger partial charge in [-0.25, -0.2) is 0 Å². The minimum Gasteiger partial charge on any atom is -0.337 e. The van der Waals surface area contributed by atoms with Gasteiger partial charge in [0.15, 0.2) is 0 Å². The molecule has 0 aliphatic carbocycles. The second-order valence-electron chi connectivity index (χ2n) is 7.10. The molecule has 1 saturated heterocycles. The van der Waals surface area contributed by atoms with Crippen LogP contribution in [-0.4, -0.2) is 43.9 Å². The van der Waals surface area contributed by atoms with Gasteiger partial charge in [0.2, 0.25) is 0 Å². The van der Waals surface area contributed by atoms with E-state index in [2.05, 4.69) is 45.6 Å². The molecule has 0 spiro atoms. The largest absolute Gasteiger partial charge is 0.337 e. The van der Waals surface area contributed by atoms with Gasteiger partial charge in [-0.05, 0) is 37.5 Å². The Morgan fingerprint density at radius 2 is 1.96 bits per heavy atom. The van der Waals surface area contributed by atoms with Crippen molar-refractivity contribution in [2.75, 3.05) is 13.1 Å². The van der Waals surface area contributed by atoms with Crippen LogP contribution in [0.2, 0.25) is 0 Å². The molecule has 27 heavy (non-hydrogen) atoms. The van der Waals surface area contributed by atoms with Gasteiger partial charge in [-0.3, -0.25) is 14.6 Å². The molecule has 0 bridgehead atoms. The number of aryl methyl sites for hydroxylation is 1. The smallest absolute Gasteiger partial charge is 0.274 e. The van der Waals surface area contributed by atoms with E-state index in [-0.39, 0.29) is 5.91 Å². The summed E-state index contributed by atoms with van der Waals surface area (Å²) in [6.45, 7) is 4.30. The number of carbonyl (C=O) groups is 1. The lowest BCUT2D eigenvalue weighted by Crippen LogP contribution is -2.38. The quantitative estimate of drug-likeness (QED) is 0.757. The summed E-state index contributed by atoms with van der Waals surface area (Å²) in [6, 6.07) is 14.4. The Labute approximate surface area is 159 Å². The summed E-state index contributed by atoms with van der Waals surface area (Å²) in [4.78, 5) is 14.5. The summed E-state index contributed by atoms with van der Waals surface area (Å²) in [5, 5.41) is 12.0. The van der Waals surface area contributed by atoms with Crippen LogP contribution in [0.4, 0.5) is 0 Å². The molecular formula is C21H25N5O. The van der Waals surface area contributed by atoms with Crippen LogP contribution >= 0.6 is 0 Å². The van der Waals surface area contributed by atoms with Gasteiger partial charge in [0.05, 0.1) is 5.69 Å². The highest BCUT2D eigenvalue weighted by Crippen LogP contribution is 2.28. The Morgan fingerprint density at radius 3 is 2.67 bits per heavy atom. The summed E-state index contributed by atoms with van der Waals surface area (Å²) in [5.74, 6) is 0.440. The number of carbonyl (C=O) groups excluding carboxylic acids is 1. The van der Waals surface area contributed by atoms with E-state index < -0.39 is 0 Å². The van der Waals surface area contributed by atoms with Crippen molar-refractivity contribution in [1.82, 2.24) is 24.9 Å². The van der Waals surface area contributed by atoms with Crippen molar-refractivity contribution < 1.29 is 4.79 Å². The second-order valence-corrected chi connectivity index (χ2v) is 7.10. The molecule has 6 heteroatoms. The predicted molar refractivity (Wildman–Crippen MR) is 104 cm³/mol. The lowest BCUT2D eigenvalue weighted by molar-refractivity contribution is 0.0705. The molecule has 140 valence electrons. The Hall–Kier alpha value is -2.89. The highest BCUT2D eigenvalue weighted by Gasteiger charge is 2.27. The molecular weight excluding hydrogens is 338 g/mol. The maximum Gasteiger partial charge on any atom is 0.274 e. The van der Waals surface area contributed by atoms with Crippen LogP contribution in [0, 0.1) is 0 Å². The number of hydrogen-bond acceptors (Lipinski definition) is 3. The molecule has 1 aromatic carbocycles. The fourth-order valence-electron chi connectivity index (χ4n) is 3.69. The molecule has 2 aromatic heterocycles. The molecule has 0 atom stereocenters. The minimum atomic E-state index is 0.0347. The fraction of sp³-hybridized carbons (Fsp3) is 0.381. The van der Waals surface area contributed by atoms with E-state index in [0.717, 1.165) is 50.3 Å². The van der Waals surface area contributed by atoms with Crippen LogP contribution in [0.3, 0.4) is 0 Å². The highest BCUT2D eigenvalue weighted by atomic mass is 16.2. The zero-order chi connectivity index (χ0) is 18.6. The molecule has 0 saturated carbocycles. The fourth-order valence-corrected chi connectivity index (χ4v) is 3.69. The number of hydrogen-bond donors (Lipinski definition) is 1. The molecule has 1 aliphatic heterocycles. The third-order valence-electron chi connectivity index (χ3n) is 5.27. The van der Waals surface area contributed by atoms with E-state index in [9.17, 15) is 4.79 Å². The van der Waals surface area contributed by atoms with Crippen LogP contribution < -0.4 is 0 Å². The van der Waals surface area contributed by atoms with Crippen LogP contribution in [0.25, 0.3) is 0 Å². The van der Waals surface area contributed by atoms with Crippen molar-refractivity contribution in [2.24, 2.45) is 0 Å². The molecule has 1 amide bonds. The summed E-state index contributed by atoms with van der Waals surface area (Å²) in [6.07, 6.45) is 4.61. The first-order chi connectivity index (χ1) is 13.2. The maximum absolute atomic E-state index is 12.6. The van der Waals surface area contributed by atoms with Crippen LogP contribution in [0.5, 0.6) is 0 Å². The maximum atomic E-state index is 12.6. The van der Waals surface area contributed by atoms with E-state index in [0.29, 0.717) is 11.6 Å².